The SMILES string of the molecule is Cl.O=C(O)c1cncc(C(=O)O)c1. The number of carboxylic acid groups (broad SMARTS) is 2. The zero-order valence-electron chi connectivity index (χ0n) is 6.30. The summed E-state index contributed by atoms with van der Waals surface area (Å²) in [6.45, 7) is 0. The van der Waals surface area contributed by atoms with Gasteiger partial charge in [0.1, 0.15) is 0 Å². The van der Waals surface area contributed by atoms with Crippen LogP contribution >= 0.6 is 12.4 Å². The molecule has 13 heavy (non-hydrogen) atoms. The fourth-order valence-electron chi connectivity index (χ4n) is 0.674. The summed E-state index contributed by atoms with van der Waals surface area (Å²) >= 11 is 0. The van der Waals surface area contributed by atoms with Gasteiger partial charge in [0.05, 0.1) is 11.1 Å². The van der Waals surface area contributed by atoms with Crippen molar-refractivity contribution in [2.45, 2.75) is 0 Å². The van der Waals surface area contributed by atoms with Crippen LogP contribution in [0.5, 0.6) is 0 Å². The minimum absolute atomic E-state index is 0. The van der Waals surface area contributed by atoms with Crippen molar-refractivity contribution in [1.29, 1.82) is 0 Å². The number of carboxylic acids is 2. The van der Waals surface area contributed by atoms with Gasteiger partial charge in [-0.3, -0.25) is 4.98 Å². The first kappa shape index (κ1) is 11.4. The van der Waals surface area contributed by atoms with Crippen LogP contribution in [0.1, 0.15) is 20.7 Å². The third-order valence-electron chi connectivity index (χ3n) is 1.23. The summed E-state index contributed by atoms with van der Waals surface area (Å²) in [5, 5.41) is 16.9. The quantitative estimate of drug-likeness (QED) is 0.746. The lowest BCUT2D eigenvalue weighted by atomic mass is 10.2. The van der Waals surface area contributed by atoms with Gasteiger partial charge in [-0.25, -0.2) is 9.59 Å². The molecule has 6 heteroatoms. The van der Waals surface area contributed by atoms with Gasteiger partial charge in [-0.1, -0.05) is 0 Å². The molecule has 0 fully saturated rings. The van der Waals surface area contributed by atoms with Gasteiger partial charge >= 0.3 is 11.9 Å². The van der Waals surface area contributed by atoms with Crippen molar-refractivity contribution in [1.82, 2.24) is 4.98 Å². The molecule has 0 spiro atoms. The van der Waals surface area contributed by atoms with Crippen molar-refractivity contribution < 1.29 is 19.8 Å². The van der Waals surface area contributed by atoms with Crippen molar-refractivity contribution in [2.75, 3.05) is 0 Å². The highest BCUT2D eigenvalue weighted by atomic mass is 35.5. The summed E-state index contributed by atoms with van der Waals surface area (Å²) in [6.07, 6.45) is 2.18. The number of aromatic carboxylic acids is 2. The third-order valence-corrected chi connectivity index (χ3v) is 1.23. The molecule has 1 rings (SSSR count). The zero-order chi connectivity index (χ0) is 9.14. The molecule has 0 aliphatic carbocycles. The first-order valence-corrected chi connectivity index (χ1v) is 3.03. The minimum atomic E-state index is -1.19. The average Bonchev–Trinajstić information content (AvgIpc) is 2.04. The molecule has 0 unspecified atom stereocenters. The van der Waals surface area contributed by atoms with Gasteiger partial charge in [-0.15, -0.1) is 12.4 Å². The fraction of sp³-hybridized carbons (Fsp3) is 0. The predicted molar refractivity (Wildman–Crippen MR) is 45.4 cm³/mol. The van der Waals surface area contributed by atoms with E-state index < -0.39 is 11.9 Å². The highest BCUT2D eigenvalue weighted by Gasteiger charge is 2.07. The van der Waals surface area contributed by atoms with Crippen molar-refractivity contribution in [3.05, 3.63) is 29.6 Å². The van der Waals surface area contributed by atoms with Crippen molar-refractivity contribution >= 4 is 24.3 Å². The van der Waals surface area contributed by atoms with Gasteiger partial charge in [0.15, 0.2) is 0 Å². The molecule has 1 heterocycles. The summed E-state index contributed by atoms with van der Waals surface area (Å²) in [4.78, 5) is 24.2. The Morgan fingerprint density at radius 1 is 1.08 bits per heavy atom. The molecule has 0 bridgehead atoms. The molecule has 0 aromatic carbocycles. The predicted octanol–water partition coefficient (Wildman–Crippen LogP) is 0.900. The van der Waals surface area contributed by atoms with Crippen LogP contribution in [-0.4, -0.2) is 27.1 Å². The van der Waals surface area contributed by atoms with E-state index in [0.29, 0.717) is 0 Å². The molecule has 70 valence electrons. The molecule has 2 N–H and O–H groups in total. The van der Waals surface area contributed by atoms with E-state index in [-0.39, 0.29) is 23.5 Å². The second kappa shape index (κ2) is 4.42. The molecule has 0 amide bonds. The Morgan fingerprint density at radius 2 is 1.46 bits per heavy atom. The zero-order valence-corrected chi connectivity index (χ0v) is 7.11. The minimum Gasteiger partial charge on any atom is -0.478 e. The van der Waals surface area contributed by atoms with E-state index in [9.17, 15) is 9.59 Å². The van der Waals surface area contributed by atoms with Gasteiger partial charge < -0.3 is 10.2 Å². The Morgan fingerprint density at radius 3 is 1.77 bits per heavy atom. The number of halogens is 1. The van der Waals surface area contributed by atoms with Crippen molar-refractivity contribution in [3.8, 4) is 0 Å². The molecule has 0 saturated heterocycles. The number of nitrogens with zero attached hydrogens (tertiary/aromatic N) is 1. The molecule has 1 aromatic heterocycles. The Bertz CT molecular complexity index is 310. The first-order valence-electron chi connectivity index (χ1n) is 3.03. The Labute approximate surface area is 79.4 Å². The Hall–Kier alpha value is -1.62. The Kier molecular flexibility index (Phi) is 3.87. The van der Waals surface area contributed by atoms with Crippen LogP contribution in [0.2, 0.25) is 0 Å². The first-order chi connectivity index (χ1) is 5.61. The van der Waals surface area contributed by atoms with Crippen LogP contribution in [0.25, 0.3) is 0 Å². The number of carbonyl (C=O) groups is 2. The van der Waals surface area contributed by atoms with Gasteiger partial charge in [-0.05, 0) is 6.07 Å². The molecule has 0 atom stereocenters. The molecule has 0 aliphatic heterocycles. The van der Waals surface area contributed by atoms with E-state index in [1.54, 1.807) is 0 Å². The molecule has 5 nitrogen and oxygen atoms in total. The summed E-state index contributed by atoms with van der Waals surface area (Å²) in [6, 6.07) is 1.05. The maximum Gasteiger partial charge on any atom is 0.337 e. The molecular formula is C7H6ClNO4. The molecular weight excluding hydrogens is 198 g/mol. The van der Waals surface area contributed by atoms with Gasteiger partial charge in [-0.2, -0.15) is 0 Å². The van der Waals surface area contributed by atoms with Gasteiger partial charge in [0, 0.05) is 12.4 Å². The maximum absolute atomic E-state index is 10.3. The summed E-state index contributed by atoms with van der Waals surface area (Å²) in [7, 11) is 0. The summed E-state index contributed by atoms with van der Waals surface area (Å²) in [5.74, 6) is -2.38. The maximum atomic E-state index is 10.3. The summed E-state index contributed by atoms with van der Waals surface area (Å²) in [5.41, 5.74) is -0.259. The highest BCUT2D eigenvalue weighted by molar-refractivity contribution is 5.92. The number of aromatic nitrogens is 1. The van der Waals surface area contributed by atoms with E-state index >= 15 is 0 Å². The van der Waals surface area contributed by atoms with Crippen molar-refractivity contribution in [2.24, 2.45) is 0 Å². The van der Waals surface area contributed by atoms with Gasteiger partial charge in [0.2, 0.25) is 0 Å². The summed E-state index contributed by atoms with van der Waals surface area (Å²) < 4.78 is 0. The normalized spacial score (nSPS) is 8.62. The second-order valence-electron chi connectivity index (χ2n) is 2.07. The van der Waals surface area contributed by atoms with Crippen LogP contribution in [0, 0.1) is 0 Å². The largest absolute Gasteiger partial charge is 0.478 e. The van der Waals surface area contributed by atoms with E-state index in [2.05, 4.69) is 4.98 Å². The van der Waals surface area contributed by atoms with Crippen LogP contribution in [0.4, 0.5) is 0 Å². The topological polar surface area (TPSA) is 87.5 Å². The van der Waals surface area contributed by atoms with E-state index in [1.165, 1.54) is 0 Å². The van der Waals surface area contributed by atoms with Gasteiger partial charge in [0.25, 0.3) is 0 Å². The fourth-order valence-corrected chi connectivity index (χ4v) is 0.674. The number of hydrogen-bond acceptors (Lipinski definition) is 3. The van der Waals surface area contributed by atoms with E-state index in [0.717, 1.165) is 18.5 Å². The molecule has 1 aromatic rings. The number of pyridine rings is 1. The molecule has 0 aliphatic rings. The standard InChI is InChI=1S/C7H5NO4.ClH/c9-6(10)4-1-5(7(11)12)3-8-2-4;/h1-3H,(H,9,10)(H,11,12);1H. The number of hydrogen-bond donors (Lipinski definition) is 2. The monoisotopic (exact) mass is 203 g/mol. The second-order valence-corrected chi connectivity index (χ2v) is 2.07. The van der Waals surface area contributed by atoms with Crippen LogP contribution < -0.4 is 0 Å². The van der Waals surface area contributed by atoms with E-state index in [4.69, 9.17) is 10.2 Å². The Balaban J connectivity index is 0.00000144. The number of rotatable bonds is 2. The lowest BCUT2D eigenvalue weighted by molar-refractivity contribution is 0.0696. The third kappa shape index (κ3) is 2.72. The molecule has 0 saturated carbocycles. The van der Waals surface area contributed by atoms with Crippen LogP contribution in [0.15, 0.2) is 18.5 Å². The lowest BCUT2D eigenvalue weighted by Gasteiger charge is -1.94. The van der Waals surface area contributed by atoms with Crippen LogP contribution in [0.3, 0.4) is 0 Å². The lowest BCUT2D eigenvalue weighted by Crippen LogP contribution is -2.02. The highest BCUT2D eigenvalue weighted by Crippen LogP contribution is 2.01. The molecule has 0 radical (unpaired) electrons. The smallest absolute Gasteiger partial charge is 0.337 e. The average molecular weight is 204 g/mol. The van der Waals surface area contributed by atoms with E-state index in [1.807, 2.05) is 0 Å². The van der Waals surface area contributed by atoms with Crippen molar-refractivity contribution in [3.63, 3.8) is 0 Å². The van der Waals surface area contributed by atoms with Crippen LogP contribution in [-0.2, 0) is 0 Å².